The zero-order valence-electron chi connectivity index (χ0n) is 17.1. The van der Waals surface area contributed by atoms with E-state index in [0.29, 0.717) is 49.2 Å². The smallest absolute Gasteiger partial charge is 0.254 e. The molecule has 29 heavy (non-hydrogen) atoms. The molecular weight excluding hydrogens is 371 g/mol. The van der Waals surface area contributed by atoms with Gasteiger partial charge in [0, 0.05) is 30.1 Å². The Morgan fingerprint density at radius 1 is 1.21 bits per heavy atom. The summed E-state index contributed by atoms with van der Waals surface area (Å²) in [6.45, 7) is 7.63. The minimum absolute atomic E-state index is 0.0557. The van der Waals surface area contributed by atoms with E-state index in [-0.39, 0.29) is 23.2 Å². The Balaban J connectivity index is 1.66. The van der Waals surface area contributed by atoms with Crippen LogP contribution in [0.2, 0.25) is 0 Å². The lowest BCUT2D eigenvalue weighted by Gasteiger charge is -2.19. The van der Waals surface area contributed by atoms with Crippen molar-refractivity contribution in [3.8, 4) is 11.4 Å². The Kier molecular flexibility index (Phi) is 7.14. The number of aromatic nitrogens is 2. The minimum atomic E-state index is -0.333. The summed E-state index contributed by atoms with van der Waals surface area (Å²) in [5, 5.41) is 3.04. The number of benzene rings is 1. The van der Waals surface area contributed by atoms with Gasteiger partial charge in [0.1, 0.15) is 11.6 Å². The first kappa shape index (κ1) is 21.2. The van der Waals surface area contributed by atoms with Crippen molar-refractivity contribution in [2.45, 2.75) is 39.5 Å². The van der Waals surface area contributed by atoms with Gasteiger partial charge in [-0.25, -0.2) is 9.37 Å². The second kappa shape index (κ2) is 9.78. The van der Waals surface area contributed by atoms with Gasteiger partial charge in [-0.2, -0.15) is 0 Å². The van der Waals surface area contributed by atoms with E-state index < -0.39 is 0 Å². The summed E-state index contributed by atoms with van der Waals surface area (Å²) in [7, 11) is 0. The molecule has 156 valence electrons. The number of rotatable bonds is 7. The van der Waals surface area contributed by atoms with Gasteiger partial charge >= 0.3 is 0 Å². The van der Waals surface area contributed by atoms with Crippen LogP contribution in [0.25, 0.3) is 11.4 Å². The van der Waals surface area contributed by atoms with Crippen LogP contribution in [0.3, 0.4) is 0 Å². The molecule has 6 nitrogen and oxygen atoms in total. The number of nitrogens with one attached hydrogen (secondary N) is 2. The van der Waals surface area contributed by atoms with Gasteiger partial charge in [-0.3, -0.25) is 9.59 Å². The van der Waals surface area contributed by atoms with Crippen LogP contribution in [0.1, 0.15) is 37.9 Å². The summed E-state index contributed by atoms with van der Waals surface area (Å²) in [5.74, 6) is 0.0475. The molecule has 0 saturated heterocycles. The molecule has 7 heteroatoms. The molecule has 0 spiro atoms. The maximum atomic E-state index is 13.2. The molecule has 1 aromatic heterocycles. The van der Waals surface area contributed by atoms with Crippen molar-refractivity contribution >= 4 is 5.91 Å². The van der Waals surface area contributed by atoms with E-state index in [1.165, 1.54) is 12.1 Å². The predicted molar refractivity (Wildman–Crippen MR) is 111 cm³/mol. The van der Waals surface area contributed by atoms with Crippen LogP contribution in [0, 0.1) is 11.7 Å². The average molecular weight is 400 g/mol. The van der Waals surface area contributed by atoms with Gasteiger partial charge in [0.2, 0.25) is 5.91 Å². The first-order chi connectivity index (χ1) is 14.0. The quantitative estimate of drug-likeness (QED) is 0.700. The second-order valence-corrected chi connectivity index (χ2v) is 7.44. The average Bonchev–Trinajstić information content (AvgIpc) is 2.95. The van der Waals surface area contributed by atoms with Gasteiger partial charge in [0.15, 0.2) is 0 Å². The zero-order chi connectivity index (χ0) is 20.8. The van der Waals surface area contributed by atoms with Gasteiger partial charge in [0.25, 0.3) is 5.56 Å². The van der Waals surface area contributed by atoms with Crippen molar-refractivity contribution in [2.24, 2.45) is 5.92 Å². The van der Waals surface area contributed by atoms with Crippen molar-refractivity contribution in [3.63, 3.8) is 0 Å². The van der Waals surface area contributed by atoms with Gasteiger partial charge in [-0.1, -0.05) is 13.8 Å². The lowest BCUT2D eigenvalue weighted by molar-refractivity contribution is -0.125. The molecule has 2 aromatic rings. The Morgan fingerprint density at radius 2 is 1.90 bits per heavy atom. The molecule has 1 aromatic carbocycles. The summed E-state index contributed by atoms with van der Waals surface area (Å²) in [6, 6.07) is 5.89. The van der Waals surface area contributed by atoms with Crippen molar-refractivity contribution < 1.29 is 9.18 Å². The van der Waals surface area contributed by atoms with Gasteiger partial charge in [-0.15, -0.1) is 0 Å². The summed E-state index contributed by atoms with van der Waals surface area (Å²) >= 11 is 0. The van der Waals surface area contributed by atoms with Crippen LogP contribution in [-0.2, 0) is 17.6 Å². The van der Waals surface area contributed by atoms with Crippen molar-refractivity contribution in [1.29, 1.82) is 0 Å². The topological polar surface area (TPSA) is 78.1 Å². The molecule has 1 atom stereocenters. The molecule has 1 heterocycles. The number of fused-ring (bicyclic) bond motifs is 1. The zero-order valence-corrected chi connectivity index (χ0v) is 17.1. The highest BCUT2D eigenvalue weighted by molar-refractivity contribution is 5.78. The second-order valence-electron chi connectivity index (χ2n) is 7.44. The summed E-state index contributed by atoms with van der Waals surface area (Å²) < 4.78 is 13.2. The number of aryl methyl sites for hydroxylation is 1. The van der Waals surface area contributed by atoms with Crippen molar-refractivity contribution in [2.75, 3.05) is 26.2 Å². The van der Waals surface area contributed by atoms with E-state index in [2.05, 4.69) is 34.0 Å². The van der Waals surface area contributed by atoms with Crippen LogP contribution < -0.4 is 10.9 Å². The number of nitrogens with zero attached hydrogens (tertiary/aromatic N) is 2. The molecule has 0 bridgehead atoms. The highest BCUT2D eigenvalue weighted by atomic mass is 19.1. The number of likely N-dealkylation sites (N-methyl/N-ethyl adjacent to an activating group) is 1. The molecule has 1 aliphatic rings. The fraction of sp³-hybridized carbons (Fsp3) is 0.500. The Morgan fingerprint density at radius 3 is 2.59 bits per heavy atom. The third kappa shape index (κ3) is 5.29. The van der Waals surface area contributed by atoms with Crippen molar-refractivity contribution in [3.05, 3.63) is 51.7 Å². The molecule has 1 amide bonds. The third-order valence-electron chi connectivity index (χ3n) is 5.68. The highest BCUT2D eigenvalue weighted by Gasteiger charge is 2.25. The molecule has 0 saturated carbocycles. The number of hydrogen-bond donors (Lipinski definition) is 2. The molecule has 1 aliphatic carbocycles. The maximum absolute atomic E-state index is 13.2. The number of amides is 1. The van der Waals surface area contributed by atoms with E-state index in [1.54, 1.807) is 12.1 Å². The number of aromatic amines is 1. The van der Waals surface area contributed by atoms with E-state index >= 15 is 0 Å². The standard InChI is InChI=1S/C22H29FN4O2/c1-3-27(4-2)14-13-24-21(28)16-7-11-18-19(12-8-16)25-20(26-22(18)29)15-5-9-17(23)10-6-15/h5-6,9-10,16H,3-4,7-8,11-14H2,1-2H3,(H,24,28)(H,25,26,29). The number of hydrogen-bond acceptors (Lipinski definition) is 4. The van der Waals surface area contributed by atoms with Gasteiger partial charge < -0.3 is 15.2 Å². The first-order valence-electron chi connectivity index (χ1n) is 10.4. The van der Waals surface area contributed by atoms with E-state index in [0.717, 1.165) is 25.3 Å². The molecule has 0 aliphatic heterocycles. The van der Waals surface area contributed by atoms with Crippen molar-refractivity contribution in [1.82, 2.24) is 20.2 Å². The molecule has 3 rings (SSSR count). The van der Waals surface area contributed by atoms with Gasteiger partial charge in [-0.05, 0) is 63.0 Å². The van der Waals surface area contributed by atoms with Crippen LogP contribution >= 0.6 is 0 Å². The molecule has 0 fully saturated rings. The number of H-pyrrole nitrogens is 1. The Labute approximate surface area is 170 Å². The van der Waals surface area contributed by atoms with Gasteiger partial charge in [0.05, 0.1) is 5.69 Å². The number of carbonyl (C=O) groups excluding carboxylic acids is 1. The monoisotopic (exact) mass is 400 g/mol. The van der Waals surface area contributed by atoms with E-state index in [4.69, 9.17) is 0 Å². The Hall–Kier alpha value is -2.54. The van der Waals surface area contributed by atoms with Crippen LogP contribution in [-0.4, -0.2) is 47.0 Å². The summed E-state index contributed by atoms with van der Waals surface area (Å²) in [6.07, 6.45) is 2.44. The maximum Gasteiger partial charge on any atom is 0.254 e. The van der Waals surface area contributed by atoms with Crippen LogP contribution in [0.4, 0.5) is 4.39 Å². The first-order valence-corrected chi connectivity index (χ1v) is 10.4. The highest BCUT2D eigenvalue weighted by Crippen LogP contribution is 2.23. The lowest BCUT2D eigenvalue weighted by Crippen LogP contribution is -2.37. The summed E-state index contributed by atoms with van der Waals surface area (Å²) in [5.41, 5.74) is 1.90. The third-order valence-corrected chi connectivity index (χ3v) is 5.68. The van der Waals surface area contributed by atoms with Crippen LogP contribution in [0.15, 0.2) is 29.1 Å². The fourth-order valence-corrected chi connectivity index (χ4v) is 3.81. The SMILES string of the molecule is CCN(CC)CCNC(=O)C1CCc2nc(-c3ccc(F)cc3)[nH]c(=O)c2CC1. The summed E-state index contributed by atoms with van der Waals surface area (Å²) in [4.78, 5) is 34.9. The minimum Gasteiger partial charge on any atom is -0.355 e. The molecular formula is C22H29FN4O2. The van der Waals surface area contributed by atoms with E-state index in [9.17, 15) is 14.0 Å². The number of carbonyl (C=O) groups is 1. The molecule has 1 unspecified atom stereocenters. The molecule has 2 N–H and O–H groups in total. The Bertz CT molecular complexity index is 891. The molecule has 0 radical (unpaired) electrons. The van der Waals surface area contributed by atoms with E-state index in [1.807, 2.05) is 0 Å². The normalized spacial score (nSPS) is 16.3. The largest absolute Gasteiger partial charge is 0.355 e. The van der Waals surface area contributed by atoms with Crippen LogP contribution in [0.5, 0.6) is 0 Å². The fourth-order valence-electron chi connectivity index (χ4n) is 3.81. The predicted octanol–water partition coefficient (Wildman–Crippen LogP) is 2.53. The lowest BCUT2D eigenvalue weighted by atomic mass is 9.99. The number of halogens is 1.